The van der Waals surface area contributed by atoms with Crippen LogP contribution >= 0.6 is 0 Å². The Balaban J connectivity index is 2.95. The maximum absolute atomic E-state index is 5.51. The average molecular weight is 335 g/mol. The predicted octanol–water partition coefficient (Wildman–Crippen LogP) is 2.00. The Morgan fingerprint density at radius 2 is 1.19 bits per heavy atom. The summed E-state index contributed by atoms with van der Waals surface area (Å²) in [4.78, 5) is 0. The van der Waals surface area contributed by atoms with Crippen molar-refractivity contribution in [3.63, 3.8) is 0 Å². The van der Waals surface area contributed by atoms with Crippen LogP contribution in [0.1, 0.15) is 6.42 Å². The lowest BCUT2D eigenvalue weighted by atomic mass is 10.2. The summed E-state index contributed by atoms with van der Waals surface area (Å²) in [5, 5.41) is 0. The Kier molecular flexibility index (Phi) is 7.44. The highest BCUT2D eigenvalue weighted by atomic mass is 28.4. The van der Waals surface area contributed by atoms with E-state index in [4.69, 9.17) is 26.6 Å². The molecule has 0 saturated heterocycles. The fraction of sp³-hybridized carbons (Fsp3) is 0.692. The minimum Gasteiger partial charge on any atom is -0.377 e. The fourth-order valence-corrected chi connectivity index (χ4v) is 5.98. The van der Waals surface area contributed by atoms with Gasteiger partial charge in [-0.25, -0.2) is 0 Å². The van der Waals surface area contributed by atoms with E-state index in [9.17, 15) is 0 Å². The molecule has 6 nitrogen and oxygen atoms in total. The van der Waals surface area contributed by atoms with Crippen molar-refractivity contribution in [1.82, 2.24) is 0 Å². The van der Waals surface area contributed by atoms with E-state index in [1.54, 1.807) is 42.7 Å². The Labute approximate surface area is 129 Å². The van der Waals surface area contributed by atoms with Crippen molar-refractivity contribution in [3.8, 4) is 0 Å². The van der Waals surface area contributed by atoms with Gasteiger partial charge in [-0.2, -0.15) is 0 Å². The zero-order valence-corrected chi connectivity index (χ0v) is 15.7. The zero-order valence-electron chi connectivity index (χ0n) is 13.7. The van der Waals surface area contributed by atoms with Gasteiger partial charge in [-0.3, -0.25) is 0 Å². The molecule has 0 aromatic rings. The molecule has 0 atom stereocenters. The van der Waals surface area contributed by atoms with Crippen molar-refractivity contribution < 1.29 is 26.6 Å². The summed E-state index contributed by atoms with van der Waals surface area (Å²) >= 11 is 0. The van der Waals surface area contributed by atoms with Crippen LogP contribution in [-0.4, -0.2) is 60.3 Å². The molecule has 0 aliphatic heterocycles. The first kappa shape index (κ1) is 18.7. The summed E-state index contributed by atoms with van der Waals surface area (Å²) in [5.41, 5.74) is 2.39. The molecule has 8 heteroatoms. The summed E-state index contributed by atoms with van der Waals surface area (Å²) < 4.78 is 33.0. The molecule has 1 rings (SSSR count). The molecule has 1 aliphatic rings. The Bertz CT molecular complexity index is 372. The van der Waals surface area contributed by atoms with Crippen LogP contribution in [0, 0.1) is 0 Å². The molecule has 0 N–H and O–H groups in total. The van der Waals surface area contributed by atoms with Crippen molar-refractivity contribution in [2.24, 2.45) is 0 Å². The number of hydrogen-bond acceptors (Lipinski definition) is 6. The first-order valence-electron chi connectivity index (χ1n) is 6.72. The summed E-state index contributed by atoms with van der Waals surface area (Å²) in [6, 6.07) is 1.28. The van der Waals surface area contributed by atoms with Crippen LogP contribution in [0.3, 0.4) is 0 Å². The quantitative estimate of drug-likeness (QED) is 0.570. The van der Waals surface area contributed by atoms with Crippen molar-refractivity contribution in [2.45, 2.75) is 18.5 Å². The molecule has 21 heavy (non-hydrogen) atoms. The Morgan fingerprint density at radius 3 is 1.62 bits per heavy atom. The van der Waals surface area contributed by atoms with Crippen LogP contribution in [0.15, 0.2) is 23.3 Å². The molecule has 0 bridgehead atoms. The number of allylic oxidation sites excluding steroid dienone is 4. The molecule has 0 amide bonds. The van der Waals surface area contributed by atoms with Gasteiger partial charge in [0, 0.05) is 54.7 Å². The van der Waals surface area contributed by atoms with Crippen molar-refractivity contribution >= 4 is 17.6 Å². The molecule has 0 aromatic heterocycles. The van der Waals surface area contributed by atoms with E-state index < -0.39 is 17.6 Å². The second-order valence-corrected chi connectivity index (χ2v) is 10.6. The molecule has 0 unspecified atom stereocenters. The number of rotatable bonds is 10. The molecular formula is C13H26O6Si2. The first-order valence-corrected chi connectivity index (χ1v) is 10.6. The van der Waals surface area contributed by atoms with E-state index in [0.29, 0.717) is 12.1 Å². The summed E-state index contributed by atoms with van der Waals surface area (Å²) in [6.45, 7) is 0. The van der Waals surface area contributed by atoms with Crippen LogP contribution in [0.25, 0.3) is 0 Å². The first-order chi connectivity index (χ1) is 10.0. The average Bonchev–Trinajstić information content (AvgIpc) is 2.97. The molecule has 0 spiro atoms. The maximum Gasteiger partial charge on any atom is 0.504 e. The normalized spacial score (nSPS) is 16.1. The molecule has 0 aromatic carbocycles. The van der Waals surface area contributed by atoms with Gasteiger partial charge in [0.1, 0.15) is 0 Å². The minimum atomic E-state index is -2.65. The van der Waals surface area contributed by atoms with Crippen molar-refractivity contribution in [1.29, 1.82) is 0 Å². The van der Waals surface area contributed by atoms with Gasteiger partial charge in [-0.05, 0) is 12.0 Å². The summed E-state index contributed by atoms with van der Waals surface area (Å²) in [7, 11) is 4.46. The van der Waals surface area contributed by atoms with E-state index in [2.05, 4.69) is 12.2 Å². The van der Waals surface area contributed by atoms with Gasteiger partial charge in [0.15, 0.2) is 0 Å². The summed E-state index contributed by atoms with van der Waals surface area (Å²) in [5.74, 6) is 0. The van der Waals surface area contributed by atoms with E-state index in [1.165, 1.54) is 5.57 Å². The fourth-order valence-electron chi connectivity index (χ4n) is 2.39. The smallest absolute Gasteiger partial charge is 0.377 e. The monoisotopic (exact) mass is 334 g/mol. The van der Waals surface area contributed by atoms with Gasteiger partial charge in [-0.1, -0.05) is 17.7 Å². The predicted molar refractivity (Wildman–Crippen MR) is 84.0 cm³/mol. The van der Waals surface area contributed by atoms with Gasteiger partial charge < -0.3 is 26.6 Å². The van der Waals surface area contributed by atoms with Gasteiger partial charge in [0.05, 0.1) is 0 Å². The lowest BCUT2D eigenvalue weighted by molar-refractivity contribution is 0.124. The highest BCUT2D eigenvalue weighted by Gasteiger charge is 2.43. The standard InChI is InChI=1S/C13H26O6Si2/c1-14-20(15-2,16-3)10-12-8-7-9-13(12)11-21(17-4,18-5)19-6/h7-8H,9-11H2,1-6H3. The topological polar surface area (TPSA) is 55.4 Å². The summed E-state index contributed by atoms with van der Waals surface area (Å²) in [6.07, 6.45) is 5.07. The van der Waals surface area contributed by atoms with E-state index in [-0.39, 0.29) is 0 Å². The lowest BCUT2D eigenvalue weighted by Crippen LogP contribution is -2.44. The second kappa shape index (κ2) is 8.34. The minimum absolute atomic E-state index is 0.629. The lowest BCUT2D eigenvalue weighted by Gasteiger charge is -2.27. The van der Waals surface area contributed by atoms with Crippen LogP contribution in [0.5, 0.6) is 0 Å². The third-order valence-corrected chi connectivity index (χ3v) is 9.25. The third-order valence-electron chi connectivity index (χ3n) is 3.84. The SMILES string of the molecule is CO[Si](CC1=C(C[Si](OC)(OC)OC)CC=C1)(OC)OC. The number of hydrogen-bond donors (Lipinski definition) is 0. The van der Waals surface area contributed by atoms with Crippen LogP contribution < -0.4 is 0 Å². The molecule has 122 valence electrons. The van der Waals surface area contributed by atoms with E-state index >= 15 is 0 Å². The maximum atomic E-state index is 5.51. The molecule has 0 heterocycles. The molecule has 1 aliphatic carbocycles. The van der Waals surface area contributed by atoms with Crippen molar-refractivity contribution in [2.75, 3.05) is 42.7 Å². The van der Waals surface area contributed by atoms with Crippen LogP contribution in [0.4, 0.5) is 0 Å². The molecule has 0 radical (unpaired) electrons. The molecule has 0 fully saturated rings. The molecule has 0 saturated carbocycles. The van der Waals surface area contributed by atoms with Crippen molar-refractivity contribution in [3.05, 3.63) is 23.3 Å². The zero-order chi connectivity index (χ0) is 15.9. The highest BCUT2D eigenvalue weighted by Crippen LogP contribution is 2.33. The van der Waals surface area contributed by atoms with Gasteiger partial charge in [0.2, 0.25) is 0 Å². The largest absolute Gasteiger partial charge is 0.504 e. The molecular weight excluding hydrogens is 308 g/mol. The van der Waals surface area contributed by atoms with E-state index in [0.717, 1.165) is 12.0 Å². The highest BCUT2D eigenvalue weighted by molar-refractivity contribution is 6.62. The Morgan fingerprint density at radius 1 is 0.762 bits per heavy atom. The van der Waals surface area contributed by atoms with Gasteiger partial charge in [-0.15, -0.1) is 0 Å². The second-order valence-electron chi connectivity index (χ2n) is 4.68. The van der Waals surface area contributed by atoms with Gasteiger partial charge in [0.25, 0.3) is 0 Å². The Hall–Kier alpha value is -0.326. The third kappa shape index (κ3) is 4.33. The van der Waals surface area contributed by atoms with Crippen LogP contribution in [-0.2, 0) is 26.6 Å². The van der Waals surface area contributed by atoms with Gasteiger partial charge >= 0.3 is 17.6 Å². The van der Waals surface area contributed by atoms with E-state index in [1.807, 2.05) is 0 Å². The van der Waals surface area contributed by atoms with Crippen LogP contribution in [0.2, 0.25) is 12.1 Å².